The number of rotatable bonds is 7. The van der Waals surface area contributed by atoms with E-state index in [1.165, 1.54) is 11.3 Å². The molecule has 3 rings (SSSR count). The largest absolute Gasteiger partial charge is 0.355 e. The fraction of sp³-hybridized carbons (Fsp3) is 0.562. The van der Waals surface area contributed by atoms with Crippen molar-refractivity contribution in [1.29, 1.82) is 0 Å². The van der Waals surface area contributed by atoms with Gasteiger partial charge in [0.2, 0.25) is 17.7 Å². The second-order valence-corrected chi connectivity index (χ2v) is 7.08. The zero-order valence-electron chi connectivity index (χ0n) is 14.3. The fourth-order valence-electron chi connectivity index (χ4n) is 2.49. The van der Waals surface area contributed by atoms with Crippen molar-refractivity contribution in [2.45, 2.75) is 45.4 Å². The van der Waals surface area contributed by atoms with Gasteiger partial charge in [0.1, 0.15) is 0 Å². The summed E-state index contributed by atoms with van der Waals surface area (Å²) in [6.45, 7) is 5.13. The number of anilines is 1. The molecule has 134 valence electrons. The minimum absolute atomic E-state index is 0.102. The van der Waals surface area contributed by atoms with Crippen LogP contribution in [-0.2, 0) is 22.4 Å². The molecule has 0 unspecified atom stereocenters. The first-order valence-electron chi connectivity index (χ1n) is 8.37. The van der Waals surface area contributed by atoms with Crippen molar-refractivity contribution in [3.63, 3.8) is 0 Å². The van der Waals surface area contributed by atoms with E-state index in [2.05, 4.69) is 20.4 Å². The van der Waals surface area contributed by atoms with Crippen LogP contribution < -0.4 is 10.2 Å². The molecule has 1 saturated heterocycles. The normalized spacial score (nSPS) is 14.5. The molecule has 0 atom stereocenters. The highest BCUT2D eigenvalue weighted by Gasteiger charge is 2.24. The van der Waals surface area contributed by atoms with Gasteiger partial charge < -0.3 is 9.84 Å². The van der Waals surface area contributed by atoms with Crippen LogP contribution in [0, 0.1) is 0 Å². The summed E-state index contributed by atoms with van der Waals surface area (Å²) < 4.78 is 5.14. The highest BCUT2D eigenvalue weighted by molar-refractivity contribution is 7.14. The molecule has 8 nitrogen and oxygen atoms in total. The van der Waals surface area contributed by atoms with Crippen LogP contribution in [0.5, 0.6) is 0 Å². The van der Waals surface area contributed by atoms with Crippen LogP contribution in [0.25, 0.3) is 0 Å². The van der Waals surface area contributed by atoms with Gasteiger partial charge in [0.25, 0.3) is 0 Å². The van der Waals surface area contributed by atoms with E-state index < -0.39 is 0 Å². The Hall–Kier alpha value is -2.29. The van der Waals surface area contributed by atoms with Gasteiger partial charge in [0.05, 0.1) is 12.1 Å². The number of carbonyl (C=O) groups is 2. The molecule has 9 heteroatoms. The molecule has 25 heavy (non-hydrogen) atoms. The van der Waals surface area contributed by atoms with Crippen molar-refractivity contribution in [1.82, 2.24) is 20.4 Å². The average molecular weight is 363 g/mol. The number of hydrogen-bond donors (Lipinski definition) is 1. The Kier molecular flexibility index (Phi) is 5.42. The molecule has 0 saturated carbocycles. The summed E-state index contributed by atoms with van der Waals surface area (Å²) in [4.78, 5) is 34.1. The Bertz CT molecular complexity index is 755. The third kappa shape index (κ3) is 4.41. The molecular formula is C16H21N5O3S. The lowest BCUT2D eigenvalue weighted by Crippen LogP contribution is -2.27. The average Bonchev–Trinajstić information content (AvgIpc) is 3.28. The predicted molar refractivity (Wildman–Crippen MR) is 92.5 cm³/mol. The SMILES string of the molecule is CC(C)c1noc(CCNC(=O)Cc2csc(N3CCCC3=O)n2)n1. The van der Waals surface area contributed by atoms with E-state index in [9.17, 15) is 9.59 Å². The minimum atomic E-state index is -0.117. The molecule has 1 fully saturated rings. The van der Waals surface area contributed by atoms with Gasteiger partial charge >= 0.3 is 0 Å². The summed E-state index contributed by atoms with van der Waals surface area (Å²) in [6.07, 6.45) is 2.13. The molecule has 2 aromatic rings. The lowest BCUT2D eigenvalue weighted by Gasteiger charge is -2.10. The molecule has 3 heterocycles. The van der Waals surface area contributed by atoms with Crippen molar-refractivity contribution in [3.8, 4) is 0 Å². The van der Waals surface area contributed by atoms with E-state index in [4.69, 9.17) is 4.52 Å². The van der Waals surface area contributed by atoms with E-state index >= 15 is 0 Å². The molecule has 0 aliphatic carbocycles. The van der Waals surface area contributed by atoms with E-state index in [1.54, 1.807) is 4.90 Å². The monoisotopic (exact) mass is 363 g/mol. The summed E-state index contributed by atoms with van der Waals surface area (Å²) in [5.41, 5.74) is 0.678. The molecule has 1 aliphatic rings. The Balaban J connectivity index is 1.44. The number of aromatic nitrogens is 3. The smallest absolute Gasteiger partial charge is 0.228 e. The molecule has 1 aliphatic heterocycles. The van der Waals surface area contributed by atoms with E-state index in [1.807, 2.05) is 19.2 Å². The van der Waals surface area contributed by atoms with Crippen LogP contribution >= 0.6 is 11.3 Å². The summed E-state index contributed by atoms with van der Waals surface area (Å²) in [5, 5.41) is 9.22. The van der Waals surface area contributed by atoms with Crippen molar-refractivity contribution < 1.29 is 14.1 Å². The van der Waals surface area contributed by atoms with Gasteiger partial charge in [-0.05, 0) is 6.42 Å². The Morgan fingerprint density at radius 3 is 2.96 bits per heavy atom. The molecular weight excluding hydrogens is 342 g/mol. The second kappa shape index (κ2) is 7.73. The summed E-state index contributed by atoms with van der Waals surface area (Å²) in [7, 11) is 0. The van der Waals surface area contributed by atoms with Gasteiger partial charge in [-0.2, -0.15) is 4.98 Å². The van der Waals surface area contributed by atoms with Gasteiger partial charge in [-0.25, -0.2) is 4.98 Å². The van der Waals surface area contributed by atoms with Crippen molar-refractivity contribution in [2.24, 2.45) is 0 Å². The molecule has 0 bridgehead atoms. The Morgan fingerprint density at radius 2 is 2.28 bits per heavy atom. The van der Waals surface area contributed by atoms with Crippen LogP contribution in [-0.4, -0.2) is 40.0 Å². The van der Waals surface area contributed by atoms with Gasteiger partial charge in [0.15, 0.2) is 11.0 Å². The number of nitrogens with zero attached hydrogens (tertiary/aromatic N) is 4. The van der Waals surface area contributed by atoms with Crippen LogP contribution in [0.2, 0.25) is 0 Å². The van der Waals surface area contributed by atoms with E-state index in [0.29, 0.717) is 48.5 Å². The summed E-state index contributed by atoms with van der Waals surface area (Å²) >= 11 is 1.40. The summed E-state index contributed by atoms with van der Waals surface area (Å²) in [5.74, 6) is 1.40. The van der Waals surface area contributed by atoms with Gasteiger partial charge in [-0.1, -0.05) is 19.0 Å². The Morgan fingerprint density at radius 1 is 1.44 bits per heavy atom. The van der Waals surface area contributed by atoms with Crippen LogP contribution in [0.15, 0.2) is 9.90 Å². The second-order valence-electron chi connectivity index (χ2n) is 6.25. The van der Waals surface area contributed by atoms with Gasteiger partial charge in [-0.3, -0.25) is 14.5 Å². The maximum Gasteiger partial charge on any atom is 0.228 e. The fourth-order valence-corrected chi connectivity index (χ4v) is 3.36. The molecule has 0 radical (unpaired) electrons. The quantitative estimate of drug-likeness (QED) is 0.803. The maximum atomic E-state index is 12.0. The number of amides is 2. The highest BCUT2D eigenvalue weighted by atomic mass is 32.1. The Labute approximate surface area is 149 Å². The number of nitrogens with one attached hydrogen (secondary N) is 1. The molecule has 2 aromatic heterocycles. The first-order chi connectivity index (χ1) is 12.0. The molecule has 2 amide bonds. The van der Waals surface area contributed by atoms with Crippen LogP contribution in [0.1, 0.15) is 50.0 Å². The zero-order chi connectivity index (χ0) is 17.8. The summed E-state index contributed by atoms with van der Waals surface area (Å²) in [6, 6.07) is 0. The third-order valence-corrected chi connectivity index (χ3v) is 4.76. The molecule has 0 aromatic carbocycles. The first-order valence-corrected chi connectivity index (χ1v) is 9.25. The first kappa shape index (κ1) is 17.5. The third-order valence-electron chi connectivity index (χ3n) is 3.85. The van der Waals surface area contributed by atoms with Crippen molar-refractivity contribution in [3.05, 3.63) is 22.8 Å². The lowest BCUT2D eigenvalue weighted by atomic mass is 10.2. The standard InChI is InChI=1S/C16H21N5O3S/c1-10(2)15-19-13(24-20-15)5-6-17-12(22)8-11-9-25-16(18-11)21-7-3-4-14(21)23/h9-10H,3-8H2,1-2H3,(H,17,22). The van der Waals surface area contributed by atoms with E-state index in [0.717, 1.165) is 6.42 Å². The minimum Gasteiger partial charge on any atom is -0.355 e. The van der Waals surface area contributed by atoms with Crippen molar-refractivity contribution in [2.75, 3.05) is 18.0 Å². The zero-order valence-corrected chi connectivity index (χ0v) is 15.1. The topological polar surface area (TPSA) is 101 Å². The van der Waals surface area contributed by atoms with Crippen molar-refractivity contribution >= 4 is 28.3 Å². The van der Waals surface area contributed by atoms with Crippen LogP contribution in [0.4, 0.5) is 5.13 Å². The molecule has 1 N–H and O–H groups in total. The predicted octanol–water partition coefficient (Wildman–Crippen LogP) is 1.68. The van der Waals surface area contributed by atoms with Gasteiger partial charge in [0, 0.05) is 37.2 Å². The maximum absolute atomic E-state index is 12.0. The lowest BCUT2D eigenvalue weighted by molar-refractivity contribution is -0.120. The van der Waals surface area contributed by atoms with Gasteiger partial charge in [-0.15, -0.1) is 11.3 Å². The van der Waals surface area contributed by atoms with Crippen LogP contribution in [0.3, 0.4) is 0 Å². The number of carbonyl (C=O) groups excluding carboxylic acids is 2. The number of hydrogen-bond acceptors (Lipinski definition) is 7. The van der Waals surface area contributed by atoms with E-state index in [-0.39, 0.29) is 24.2 Å². The number of thiazole rings is 1. The molecule has 0 spiro atoms. The highest BCUT2D eigenvalue weighted by Crippen LogP contribution is 2.25.